The molecule has 6 atom stereocenters. The van der Waals surface area contributed by atoms with Crippen LogP contribution in [0.4, 0.5) is 0 Å². The predicted molar refractivity (Wildman–Crippen MR) is 47.9 cm³/mol. The highest BCUT2D eigenvalue weighted by Gasteiger charge is 2.52. The Hall–Kier alpha value is -0.120. The molecule has 0 amide bonds. The summed E-state index contributed by atoms with van der Waals surface area (Å²) in [6, 6.07) is 0. The summed E-state index contributed by atoms with van der Waals surface area (Å²) in [6.45, 7) is 4.34. The second-order valence-electron chi connectivity index (χ2n) is 4.42. The fourth-order valence-electron chi connectivity index (χ4n) is 3.10. The van der Waals surface area contributed by atoms with Gasteiger partial charge in [-0.15, -0.1) is 0 Å². The van der Waals surface area contributed by atoms with Crippen molar-refractivity contribution < 1.29 is 14.9 Å². The Morgan fingerprint density at radius 1 is 1.38 bits per heavy atom. The van der Waals surface area contributed by atoms with E-state index in [2.05, 4.69) is 13.8 Å². The predicted octanol–water partition coefficient (Wildman–Crippen LogP) is 0.747. The van der Waals surface area contributed by atoms with Gasteiger partial charge in [-0.1, -0.05) is 20.3 Å². The zero-order valence-corrected chi connectivity index (χ0v) is 8.18. The standard InChI is InChI=1S/C10H18O3/c1-3-6-5(2)4-7-8(6)9(11)10(12)13-7/h5-12H,3-4H2,1-2H3/t5-,6+,7+,8-,9?,10?/m0/s1. The Labute approximate surface area is 78.7 Å². The van der Waals surface area contributed by atoms with Crippen LogP contribution in [0, 0.1) is 17.8 Å². The van der Waals surface area contributed by atoms with Gasteiger partial charge in [-0.3, -0.25) is 0 Å². The van der Waals surface area contributed by atoms with Crippen molar-refractivity contribution in [3.63, 3.8) is 0 Å². The van der Waals surface area contributed by atoms with Crippen LogP contribution in [-0.4, -0.2) is 28.7 Å². The molecule has 1 saturated heterocycles. The first kappa shape index (κ1) is 9.44. The van der Waals surface area contributed by atoms with Crippen molar-refractivity contribution in [2.24, 2.45) is 17.8 Å². The van der Waals surface area contributed by atoms with Crippen LogP contribution in [0.2, 0.25) is 0 Å². The molecule has 0 aromatic heterocycles. The van der Waals surface area contributed by atoms with Gasteiger partial charge in [-0.05, 0) is 18.3 Å². The molecule has 3 heteroatoms. The number of hydrogen-bond acceptors (Lipinski definition) is 3. The Balaban J connectivity index is 2.15. The highest BCUT2D eigenvalue weighted by Crippen LogP contribution is 2.47. The van der Waals surface area contributed by atoms with Crippen LogP contribution in [0.15, 0.2) is 0 Å². The van der Waals surface area contributed by atoms with Crippen LogP contribution < -0.4 is 0 Å². The molecule has 13 heavy (non-hydrogen) atoms. The first-order valence-electron chi connectivity index (χ1n) is 5.16. The van der Waals surface area contributed by atoms with Gasteiger partial charge < -0.3 is 14.9 Å². The Morgan fingerprint density at radius 2 is 2.08 bits per heavy atom. The fraction of sp³-hybridized carbons (Fsp3) is 1.00. The summed E-state index contributed by atoms with van der Waals surface area (Å²) in [5.41, 5.74) is 0. The SMILES string of the molecule is CC[C@H]1[C@@H]2C(O)C(O)O[C@@H]2C[C@@H]1C. The molecule has 2 unspecified atom stereocenters. The van der Waals surface area contributed by atoms with Gasteiger partial charge in [0.2, 0.25) is 0 Å². The summed E-state index contributed by atoms with van der Waals surface area (Å²) in [7, 11) is 0. The van der Waals surface area contributed by atoms with E-state index in [9.17, 15) is 10.2 Å². The third-order valence-electron chi connectivity index (χ3n) is 3.73. The van der Waals surface area contributed by atoms with E-state index in [1.54, 1.807) is 0 Å². The molecule has 0 aromatic rings. The van der Waals surface area contributed by atoms with Crippen molar-refractivity contribution in [3.05, 3.63) is 0 Å². The zero-order chi connectivity index (χ0) is 9.59. The second kappa shape index (κ2) is 3.23. The maximum atomic E-state index is 9.71. The maximum absolute atomic E-state index is 9.71. The molecule has 0 aromatic carbocycles. The lowest BCUT2D eigenvalue weighted by atomic mass is 9.85. The van der Waals surface area contributed by atoms with Gasteiger partial charge in [-0.2, -0.15) is 0 Å². The Bertz CT molecular complexity index is 195. The highest BCUT2D eigenvalue weighted by molar-refractivity contribution is 4.98. The third kappa shape index (κ3) is 1.30. The number of aliphatic hydroxyl groups is 2. The first-order chi connectivity index (χ1) is 6.15. The van der Waals surface area contributed by atoms with Gasteiger partial charge in [-0.25, -0.2) is 0 Å². The van der Waals surface area contributed by atoms with Gasteiger partial charge in [0.25, 0.3) is 0 Å². The molecule has 1 aliphatic heterocycles. The van der Waals surface area contributed by atoms with Gasteiger partial charge in [0.05, 0.1) is 6.10 Å². The molecule has 0 spiro atoms. The first-order valence-corrected chi connectivity index (χ1v) is 5.16. The normalized spacial score (nSPS) is 55.4. The molecule has 0 radical (unpaired) electrons. The third-order valence-corrected chi connectivity index (χ3v) is 3.73. The molecule has 2 rings (SSSR count). The van der Waals surface area contributed by atoms with E-state index in [-0.39, 0.29) is 12.0 Å². The van der Waals surface area contributed by atoms with E-state index in [4.69, 9.17) is 4.74 Å². The summed E-state index contributed by atoms with van der Waals surface area (Å²) in [4.78, 5) is 0. The van der Waals surface area contributed by atoms with Crippen molar-refractivity contribution in [3.8, 4) is 0 Å². The summed E-state index contributed by atoms with van der Waals surface area (Å²) in [5, 5.41) is 19.0. The van der Waals surface area contributed by atoms with Crippen molar-refractivity contribution >= 4 is 0 Å². The number of aliphatic hydroxyl groups excluding tert-OH is 2. The Kier molecular flexibility index (Phi) is 2.34. The molecule has 2 aliphatic rings. The van der Waals surface area contributed by atoms with Crippen LogP contribution in [0.5, 0.6) is 0 Å². The van der Waals surface area contributed by atoms with Gasteiger partial charge in [0.1, 0.15) is 6.10 Å². The second-order valence-corrected chi connectivity index (χ2v) is 4.42. The van der Waals surface area contributed by atoms with Gasteiger partial charge in [0.15, 0.2) is 6.29 Å². The van der Waals surface area contributed by atoms with E-state index in [1.807, 2.05) is 0 Å². The minimum atomic E-state index is -0.948. The maximum Gasteiger partial charge on any atom is 0.181 e. The lowest BCUT2D eigenvalue weighted by Crippen LogP contribution is -2.30. The average Bonchev–Trinajstić information content (AvgIpc) is 2.51. The smallest absolute Gasteiger partial charge is 0.181 e. The molecule has 1 heterocycles. The Morgan fingerprint density at radius 3 is 2.69 bits per heavy atom. The van der Waals surface area contributed by atoms with Crippen LogP contribution in [-0.2, 0) is 4.74 Å². The van der Waals surface area contributed by atoms with E-state index >= 15 is 0 Å². The minimum Gasteiger partial charge on any atom is -0.387 e. The average molecular weight is 186 g/mol. The lowest BCUT2D eigenvalue weighted by molar-refractivity contribution is -0.131. The van der Waals surface area contributed by atoms with E-state index in [1.165, 1.54) is 0 Å². The molecule has 1 saturated carbocycles. The van der Waals surface area contributed by atoms with Gasteiger partial charge in [0, 0.05) is 5.92 Å². The van der Waals surface area contributed by atoms with E-state index in [0.29, 0.717) is 11.8 Å². The molecule has 76 valence electrons. The van der Waals surface area contributed by atoms with Crippen molar-refractivity contribution in [2.75, 3.05) is 0 Å². The van der Waals surface area contributed by atoms with E-state index < -0.39 is 12.4 Å². The summed E-state index contributed by atoms with van der Waals surface area (Å²) >= 11 is 0. The largest absolute Gasteiger partial charge is 0.387 e. The van der Waals surface area contributed by atoms with Gasteiger partial charge >= 0.3 is 0 Å². The van der Waals surface area contributed by atoms with E-state index in [0.717, 1.165) is 12.8 Å². The zero-order valence-electron chi connectivity index (χ0n) is 8.18. The molecular formula is C10H18O3. The molecule has 3 nitrogen and oxygen atoms in total. The number of hydrogen-bond donors (Lipinski definition) is 2. The monoisotopic (exact) mass is 186 g/mol. The van der Waals surface area contributed by atoms with Crippen molar-refractivity contribution in [2.45, 2.75) is 45.2 Å². The molecule has 1 aliphatic carbocycles. The van der Waals surface area contributed by atoms with Crippen molar-refractivity contribution in [1.82, 2.24) is 0 Å². The van der Waals surface area contributed by atoms with Crippen LogP contribution >= 0.6 is 0 Å². The van der Waals surface area contributed by atoms with Crippen molar-refractivity contribution in [1.29, 1.82) is 0 Å². The number of rotatable bonds is 1. The molecule has 2 N–H and O–H groups in total. The summed E-state index contributed by atoms with van der Waals surface area (Å²) < 4.78 is 5.31. The summed E-state index contributed by atoms with van der Waals surface area (Å²) in [6.07, 6.45) is 0.522. The molecular weight excluding hydrogens is 168 g/mol. The quantitative estimate of drug-likeness (QED) is 0.635. The fourth-order valence-corrected chi connectivity index (χ4v) is 3.10. The molecule has 2 fully saturated rings. The van der Waals surface area contributed by atoms with Crippen LogP contribution in [0.25, 0.3) is 0 Å². The lowest BCUT2D eigenvalue weighted by Gasteiger charge is -2.22. The van der Waals surface area contributed by atoms with Crippen LogP contribution in [0.1, 0.15) is 26.7 Å². The number of ether oxygens (including phenoxy) is 1. The number of fused-ring (bicyclic) bond motifs is 1. The molecule has 0 bridgehead atoms. The van der Waals surface area contributed by atoms with Crippen LogP contribution in [0.3, 0.4) is 0 Å². The minimum absolute atomic E-state index is 0.0879. The topological polar surface area (TPSA) is 49.7 Å². The highest BCUT2D eigenvalue weighted by atomic mass is 16.6. The summed E-state index contributed by atoms with van der Waals surface area (Å²) in [5.74, 6) is 1.29.